The average molecular weight is 379 g/mol. The number of amides is 1. The van der Waals surface area contributed by atoms with Gasteiger partial charge in [-0.2, -0.15) is 0 Å². The van der Waals surface area contributed by atoms with Crippen molar-refractivity contribution in [1.82, 2.24) is 14.9 Å². The lowest BCUT2D eigenvalue weighted by atomic mass is 10.1. The SMILES string of the molecule is COc1cccc(-n2cnc3cc(C(=O)NC[C@@H]4CCCO4)ccc3c2=O)c1. The molecule has 1 aromatic heterocycles. The summed E-state index contributed by atoms with van der Waals surface area (Å²) < 4.78 is 12.2. The summed E-state index contributed by atoms with van der Waals surface area (Å²) in [5.41, 5.74) is 1.41. The second-order valence-corrected chi connectivity index (χ2v) is 6.70. The largest absolute Gasteiger partial charge is 0.497 e. The minimum Gasteiger partial charge on any atom is -0.497 e. The summed E-state index contributed by atoms with van der Waals surface area (Å²) >= 11 is 0. The lowest BCUT2D eigenvalue weighted by molar-refractivity contribution is 0.0858. The van der Waals surface area contributed by atoms with Gasteiger partial charge in [0.05, 0.1) is 29.8 Å². The van der Waals surface area contributed by atoms with E-state index >= 15 is 0 Å². The van der Waals surface area contributed by atoms with Gasteiger partial charge in [0.15, 0.2) is 0 Å². The topological polar surface area (TPSA) is 82.5 Å². The molecule has 2 heterocycles. The molecule has 0 saturated carbocycles. The van der Waals surface area contributed by atoms with E-state index in [0.29, 0.717) is 34.4 Å². The smallest absolute Gasteiger partial charge is 0.265 e. The predicted octanol–water partition coefficient (Wildman–Crippen LogP) is 2.30. The summed E-state index contributed by atoms with van der Waals surface area (Å²) in [7, 11) is 1.58. The molecule has 1 fully saturated rings. The van der Waals surface area contributed by atoms with Gasteiger partial charge in [-0.25, -0.2) is 4.98 Å². The van der Waals surface area contributed by atoms with Crippen LogP contribution in [-0.2, 0) is 4.74 Å². The molecule has 1 aliphatic heterocycles. The van der Waals surface area contributed by atoms with Gasteiger partial charge < -0.3 is 14.8 Å². The maximum Gasteiger partial charge on any atom is 0.265 e. The summed E-state index contributed by atoms with van der Waals surface area (Å²) in [6.45, 7) is 1.24. The van der Waals surface area contributed by atoms with Crippen LogP contribution in [0, 0.1) is 0 Å². The summed E-state index contributed by atoms with van der Waals surface area (Å²) in [6, 6.07) is 12.1. The van der Waals surface area contributed by atoms with Gasteiger partial charge in [0.1, 0.15) is 12.1 Å². The third-order valence-corrected chi connectivity index (χ3v) is 4.87. The lowest BCUT2D eigenvalue weighted by Gasteiger charge is -2.11. The summed E-state index contributed by atoms with van der Waals surface area (Å²) in [4.78, 5) is 29.6. The number of benzene rings is 2. The highest BCUT2D eigenvalue weighted by atomic mass is 16.5. The van der Waals surface area contributed by atoms with E-state index in [1.54, 1.807) is 31.4 Å². The van der Waals surface area contributed by atoms with Crippen LogP contribution in [0.15, 0.2) is 53.6 Å². The first kappa shape index (κ1) is 18.2. The maximum atomic E-state index is 12.9. The van der Waals surface area contributed by atoms with Gasteiger partial charge in [0.2, 0.25) is 0 Å². The van der Waals surface area contributed by atoms with E-state index in [1.807, 2.05) is 18.2 Å². The molecule has 3 aromatic rings. The Labute approximate surface area is 161 Å². The van der Waals surface area contributed by atoms with Crippen LogP contribution < -0.4 is 15.6 Å². The molecule has 1 atom stereocenters. The zero-order valence-electron chi connectivity index (χ0n) is 15.6. The number of hydrogen-bond acceptors (Lipinski definition) is 5. The standard InChI is InChI=1S/C21H21N3O4/c1-27-16-5-2-4-15(11-16)24-13-23-19-10-14(7-8-18(19)21(24)26)20(25)22-12-17-6-3-9-28-17/h2,4-5,7-8,10-11,13,17H,3,6,9,12H2,1H3,(H,22,25)/t17-/m0/s1. The van der Waals surface area contributed by atoms with Gasteiger partial charge >= 0.3 is 0 Å². The Morgan fingerprint density at radius 2 is 2.21 bits per heavy atom. The van der Waals surface area contributed by atoms with Crippen molar-refractivity contribution in [3.05, 3.63) is 64.7 Å². The van der Waals surface area contributed by atoms with Crippen LogP contribution in [0.2, 0.25) is 0 Å². The van der Waals surface area contributed by atoms with Crippen molar-refractivity contribution in [2.45, 2.75) is 18.9 Å². The van der Waals surface area contributed by atoms with Crippen LogP contribution in [0.4, 0.5) is 0 Å². The van der Waals surface area contributed by atoms with Crippen LogP contribution in [0.3, 0.4) is 0 Å². The number of fused-ring (bicyclic) bond motifs is 1. The first-order valence-electron chi connectivity index (χ1n) is 9.21. The first-order chi connectivity index (χ1) is 13.7. The molecule has 2 aromatic carbocycles. The summed E-state index contributed by atoms with van der Waals surface area (Å²) in [5.74, 6) is 0.457. The Morgan fingerprint density at radius 1 is 1.32 bits per heavy atom. The van der Waals surface area contributed by atoms with Crippen LogP contribution >= 0.6 is 0 Å². The Hall–Kier alpha value is -3.19. The minimum atomic E-state index is -0.204. The van der Waals surface area contributed by atoms with E-state index in [9.17, 15) is 9.59 Å². The first-order valence-corrected chi connectivity index (χ1v) is 9.21. The van der Waals surface area contributed by atoms with Crippen molar-refractivity contribution in [2.24, 2.45) is 0 Å². The Bertz CT molecular complexity index is 1070. The Morgan fingerprint density at radius 3 is 3.00 bits per heavy atom. The summed E-state index contributed by atoms with van der Waals surface area (Å²) in [5, 5.41) is 3.33. The molecule has 4 rings (SSSR count). The second kappa shape index (κ2) is 7.82. The van der Waals surface area contributed by atoms with E-state index in [0.717, 1.165) is 19.4 Å². The van der Waals surface area contributed by atoms with Crippen LogP contribution in [0.5, 0.6) is 5.75 Å². The van der Waals surface area contributed by atoms with Crippen molar-refractivity contribution >= 4 is 16.8 Å². The van der Waals surface area contributed by atoms with Crippen LogP contribution in [0.25, 0.3) is 16.6 Å². The Balaban J connectivity index is 1.60. The third kappa shape index (κ3) is 3.61. The fraction of sp³-hybridized carbons (Fsp3) is 0.286. The van der Waals surface area contributed by atoms with Crippen molar-refractivity contribution < 1.29 is 14.3 Å². The van der Waals surface area contributed by atoms with Gasteiger partial charge in [-0.05, 0) is 43.2 Å². The van der Waals surface area contributed by atoms with Crippen molar-refractivity contribution in [3.8, 4) is 11.4 Å². The number of ether oxygens (including phenoxy) is 2. The molecule has 0 aliphatic carbocycles. The quantitative estimate of drug-likeness (QED) is 0.736. The molecule has 28 heavy (non-hydrogen) atoms. The van der Waals surface area contributed by atoms with Gasteiger partial charge in [0.25, 0.3) is 11.5 Å². The number of nitrogens with zero attached hydrogens (tertiary/aromatic N) is 2. The van der Waals surface area contributed by atoms with Crippen molar-refractivity contribution in [2.75, 3.05) is 20.3 Å². The maximum absolute atomic E-state index is 12.9. The number of nitrogens with one attached hydrogen (secondary N) is 1. The zero-order chi connectivity index (χ0) is 19.5. The zero-order valence-corrected chi connectivity index (χ0v) is 15.6. The molecule has 1 amide bonds. The predicted molar refractivity (Wildman–Crippen MR) is 105 cm³/mol. The highest BCUT2D eigenvalue weighted by Crippen LogP contribution is 2.17. The molecule has 0 bridgehead atoms. The highest BCUT2D eigenvalue weighted by Gasteiger charge is 2.17. The molecular formula is C21H21N3O4. The molecule has 0 spiro atoms. The van der Waals surface area contributed by atoms with Gasteiger partial charge in [-0.15, -0.1) is 0 Å². The van der Waals surface area contributed by atoms with E-state index in [2.05, 4.69) is 10.3 Å². The normalized spacial score (nSPS) is 16.2. The molecule has 1 N–H and O–H groups in total. The Kier molecular flexibility index (Phi) is 5.08. The molecule has 144 valence electrons. The fourth-order valence-electron chi connectivity index (χ4n) is 3.32. The number of methoxy groups -OCH3 is 1. The van der Waals surface area contributed by atoms with Crippen molar-refractivity contribution in [1.29, 1.82) is 0 Å². The second-order valence-electron chi connectivity index (χ2n) is 6.70. The molecular weight excluding hydrogens is 358 g/mol. The fourth-order valence-corrected chi connectivity index (χ4v) is 3.32. The highest BCUT2D eigenvalue weighted by molar-refractivity contribution is 5.97. The van der Waals surface area contributed by atoms with Gasteiger partial charge in [-0.3, -0.25) is 14.2 Å². The van der Waals surface area contributed by atoms with Gasteiger partial charge in [-0.1, -0.05) is 6.07 Å². The van der Waals surface area contributed by atoms with Crippen LogP contribution in [-0.4, -0.2) is 41.8 Å². The molecule has 7 heteroatoms. The molecule has 1 saturated heterocycles. The number of hydrogen-bond donors (Lipinski definition) is 1. The number of carbonyl (C=O) groups is 1. The monoisotopic (exact) mass is 379 g/mol. The van der Waals surface area contributed by atoms with E-state index in [1.165, 1.54) is 10.9 Å². The lowest BCUT2D eigenvalue weighted by Crippen LogP contribution is -2.31. The van der Waals surface area contributed by atoms with Gasteiger partial charge in [0, 0.05) is 24.8 Å². The average Bonchev–Trinajstić information content (AvgIpc) is 3.25. The molecule has 1 aliphatic rings. The van der Waals surface area contributed by atoms with E-state index < -0.39 is 0 Å². The van der Waals surface area contributed by atoms with E-state index in [-0.39, 0.29) is 17.6 Å². The summed E-state index contributed by atoms with van der Waals surface area (Å²) in [6.07, 6.45) is 3.54. The van der Waals surface area contributed by atoms with Crippen LogP contribution in [0.1, 0.15) is 23.2 Å². The van der Waals surface area contributed by atoms with E-state index in [4.69, 9.17) is 9.47 Å². The minimum absolute atomic E-state index is 0.0811. The molecule has 7 nitrogen and oxygen atoms in total. The number of rotatable bonds is 5. The molecule has 0 radical (unpaired) electrons. The third-order valence-electron chi connectivity index (χ3n) is 4.87. The molecule has 0 unspecified atom stereocenters. The number of carbonyl (C=O) groups excluding carboxylic acids is 1. The number of aromatic nitrogens is 2. The van der Waals surface area contributed by atoms with Crippen molar-refractivity contribution in [3.63, 3.8) is 0 Å².